The fourth-order valence-electron chi connectivity index (χ4n) is 2.62. The van der Waals surface area contributed by atoms with Crippen LogP contribution in [0.15, 0.2) is 67.1 Å². The summed E-state index contributed by atoms with van der Waals surface area (Å²) in [5.41, 5.74) is 2.28. The first-order valence-corrected chi connectivity index (χ1v) is 8.04. The average Bonchev–Trinajstić information content (AvgIpc) is 3.03. The van der Waals surface area contributed by atoms with E-state index in [9.17, 15) is 4.39 Å². The van der Waals surface area contributed by atoms with Gasteiger partial charge < -0.3 is 4.74 Å². The molecule has 0 bridgehead atoms. The summed E-state index contributed by atoms with van der Waals surface area (Å²) in [6, 6.07) is 13.7. The van der Waals surface area contributed by atoms with E-state index in [1.807, 2.05) is 47.1 Å². The van der Waals surface area contributed by atoms with Crippen molar-refractivity contribution < 1.29 is 9.13 Å². The van der Waals surface area contributed by atoms with Crippen molar-refractivity contribution in [2.75, 3.05) is 0 Å². The van der Waals surface area contributed by atoms with E-state index in [4.69, 9.17) is 16.3 Å². The molecular formula is C19H13ClFN3O. The lowest BCUT2D eigenvalue weighted by Gasteiger charge is -2.12. The van der Waals surface area contributed by atoms with E-state index < -0.39 is 0 Å². The van der Waals surface area contributed by atoms with E-state index in [1.165, 1.54) is 12.1 Å². The van der Waals surface area contributed by atoms with Gasteiger partial charge in [-0.05, 0) is 30.3 Å². The minimum atomic E-state index is -0.371. The van der Waals surface area contributed by atoms with E-state index >= 15 is 0 Å². The van der Waals surface area contributed by atoms with Crippen LogP contribution in [0.2, 0.25) is 5.02 Å². The minimum absolute atomic E-state index is 0.291. The highest BCUT2D eigenvalue weighted by Gasteiger charge is 2.11. The smallest absolute Gasteiger partial charge is 0.234 e. The Morgan fingerprint density at radius 3 is 2.80 bits per heavy atom. The van der Waals surface area contributed by atoms with Crippen molar-refractivity contribution in [3.63, 3.8) is 0 Å². The molecule has 0 unspecified atom stereocenters. The van der Waals surface area contributed by atoms with E-state index in [-0.39, 0.29) is 5.82 Å². The molecule has 0 amide bonds. The Bertz CT molecular complexity index is 1010. The van der Waals surface area contributed by atoms with Crippen molar-refractivity contribution in [2.45, 2.75) is 6.61 Å². The van der Waals surface area contributed by atoms with Gasteiger partial charge in [-0.2, -0.15) is 0 Å². The van der Waals surface area contributed by atoms with Crippen molar-refractivity contribution in [2.24, 2.45) is 0 Å². The molecule has 6 heteroatoms. The maximum atomic E-state index is 13.3. The molecule has 0 aliphatic heterocycles. The predicted molar refractivity (Wildman–Crippen MR) is 94.2 cm³/mol. The molecule has 0 aliphatic rings. The van der Waals surface area contributed by atoms with Gasteiger partial charge in [0.15, 0.2) is 0 Å². The van der Waals surface area contributed by atoms with Gasteiger partial charge in [-0.15, -0.1) is 0 Å². The van der Waals surface area contributed by atoms with E-state index in [1.54, 1.807) is 12.3 Å². The lowest BCUT2D eigenvalue weighted by molar-refractivity contribution is 0.303. The Labute approximate surface area is 148 Å². The molecule has 0 N–H and O–H groups in total. The van der Waals surface area contributed by atoms with Crippen LogP contribution >= 0.6 is 11.6 Å². The third-order valence-electron chi connectivity index (χ3n) is 3.77. The number of imidazole rings is 1. The van der Waals surface area contributed by atoms with Crippen molar-refractivity contribution >= 4 is 17.4 Å². The fraction of sp³-hybridized carbons (Fsp3) is 0.0526. The highest BCUT2D eigenvalue weighted by molar-refractivity contribution is 6.33. The Hall–Kier alpha value is -2.92. The van der Waals surface area contributed by atoms with Crippen LogP contribution in [-0.4, -0.2) is 14.4 Å². The molecule has 0 radical (unpaired) electrons. The molecule has 0 saturated carbocycles. The Morgan fingerprint density at radius 2 is 1.96 bits per heavy atom. The molecule has 0 atom stereocenters. The quantitative estimate of drug-likeness (QED) is 0.530. The Morgan fingerprint density at radius 1 is 1.08 bits per heavy atom. The number of aromatic nitrogens is 3. The van der Waals surface area contributed by atoms with Gasteiger partial charge in [-0.25, -0.2) is 14.4 Å². The number of halogens is 2. The third kappa shape index (κ3) is 3.19. The van der Waals surface area contributed by atoms with Gasteiger partial charge in [0.2, 0.25) is 5.78 Å². The Kier molecular flexibility index (Phi) is 4.07. The Balaban J connectivity index is 1.62. The zero-order valence-corrected chi connectivity index (χ0v) is 13.8. The molecule has 0 aliphatic carbocycles. The van der Waals surface area contributed by atoms with Gasteiger partial charge in [-0.1, -0.05) is 29.8 Å². The molecule has 0 spiro atoms. The van der Waals surface area contributed by atoms with Gasteiger partial charge >= 0.3 is 0 Å². The minimum Gasteiger partial charge on any atom is -0.487 e. The second-order valence-electron chi connectivity index (χ2n) is 5.47. The van der Waals surface area contributed by atoms with Gasteiger partial charge in [0.05, 0.1) is 10.7 Å². The summed E-state index contributed by atoms with van der Waals surface area (Å²) in [5, 5.41) is 0.341. The number of ether oxygens (including phenoxy) is 1. The molecular weight excluding hydrogens is 341 g/mol. The van der Waals surface area contributed by atoms with Crippen LogP contribution in [0.25, 0.3) is 16.9 Å². The standard InChI is InChI=1S/C19H13ClFN3O/c20-17-10-13(21)6-7-15(17)16-4-1-2-5-18(16)25-12-14-11-24-9-3-8-22-19(24)23-14/h1-11H,12H2. The largest absolute Gasteiger partial charge is 0.487 e. The molecule has 0 fully saturated rings. The van der Waals surface area contributed by atoms with Gasteiger partial charge in [0.25, 0.3) is 0 Å². The first-order chi connectivity index (χ1) is 12.2. The summed E-state index contributed by atoms with van der Waals surface area (Å²) in [6.07, 6.45) is 5.44. The van der Waals surface area contributed by atoms with Crippen LogP contribution in [0.4, 0.5) is 4.39 Å². The SMILES string of the molecule is Fc1ccc(-c2ccccc2OCc2cn3cccnc3n2)c(Cl)c1. The van der Waals surface area contributed by atoms with E-state index in [0.717, 1.165) is 16.8 Å². The van der Waals surface area contributed by atoms with Crippen LogP contribution in [0.3, 0.4) is 0 Å². The number of benzene rings is 2. The van der Waals surface area contributed by atoms with Crippen molar-refractivity contribution in [1.82, 2.24) is 14.4 Å². The van der Waals surface area contributed by atoms with Crippen LogP contribution in [-0.2, 0) is 6.61 Å². The average molecular weight is 354 g/mol. The molecule has 124 valence electrons. The second-order valence-corrected chi connectivity index (χ2v) is 5.88. The third-order valence-corrected chi connectivity index (χ3v) is 4.08. The molecule has 25 heavy (non-hydrogen) atoms. The van der Waals surface area contributed by atoms with E-state index in [0.29, 0.717) is 23.2 Å². The number of hydrogen-bond donors (Lipinski definition) is 0. The van der Waals surface area contributed by atoms with Crippen molar-refractivity contribution in [3.8, 4) is 16.9 Å². The maximum Gasteiger partial charge on any atom is 0.234 e. The molecule has 4 rings (SSSR count). The number of para-hydroxylation sites is 1. The number of hydrogen-bond acceptors (Lipinski definition) is 3. The van der Waals surface area contributed by atoms with Crippen LogP contribution in [0.5, 0.6) is 5.75 Å². The molecule has 4 aromatic rings. The molecule has 2 aromatic heterocycles. The van der Waals surface area contributed by atoms with Crippen molar-refractivity contribution in [1.29, 1.82) is 0 Å². The van der Waals surface area contributed by atoms with Gasteiger partial charge in [-0.3, -0.25) is 4.40 Å². The summed E-state index contributed by atoms with van der Waals surface area (Å²) in [4.78, 5) is 8.60. The zero-order valence-electron chi connectivity index (χ0n) is 13.1. The number of nitrogens with zero attached hydrogens (tertiary/aromatic N) is 3. The first-order valence-electron chi connectivity index (χ1n) is 7.66. The van der Waals surface area contributed by atoms with Crippen molar-refractivity contribution in [3.05, 3.63) is 83.7 Å². The first kappa shape index (κ1) is 15.6. The highest BCUT2D eigenvalue weighted by Crippen LogP contribution is 2.35. The number of fused-ring (bicyclic) bond motifs is 1. The zero-order chi connectivity index (χ0) is 17.2. The summed E-state index contributed by atoms with van der Waals surface area (Å²) in [6.45, 7) is 0.291. The number of rotatable bonds is 4. The van der Waals surface area contributed by atoms with Gasteiger partial charge in [0, 0.05) is 29.7 Å². The van der Waals surface area contributed by atoms with Crippen LogP contribution < -0.4 is 4.74 Å². The normalized spacial score (nSPS) is 11.0. The predicted octanol–water partition coefficient (Wildman–Crippen LogP) is 4.77. The molecule has 0 saturated heterocycles. The summed E-state index contributed by atoms with van der Waals surface area (Å²) < 4.78 is 21.1. The fourth-order valence-corrected chi connectivity index (χ4v) is 2.89. The molecule has 2 aromatic carbocycles. The topological polar surface area (TPSA) is 39.4 Å². The van der Waals surface area contributed by atoms with E-state index in [2.05, 4.69) is 9.97 Å². The second kappa shape index (κ2) is 6.53. The highest BCUT2D eigenvalue weighted by atomic mass is 35.5. The van der Waals surface area contributed by atoms with Crippen LogP contribution in [0, 0.1) is 5.82 Å². The summed E-state index contributed by atoms with van der Waals surface area (Å²) >= 11 is 6.19. The van der Waals surface area contributed by atoms with Crippen LogP contribution in [0.1, 0.15) is 5.69 Å². The molecule has 4 nitrogen and oxygen atoms in total. The monoisotopic (exact) mass is 353 g/mol. The van der Waals surface area contributed by atoms with Gasteiger partial charge in [0.1, 0.15) is 18.2 Å². The lowest BCUT2D eigenvalue weighted by atomic mass is 10.0. The lowest BCUT2D eigenvalue weighted by Crippen LogP contribution is -1.97. The summed E-state index contributed by atoms with van der Waals surface area (Å²) in [5.74, 6) is 0.904. The summed E-state index contributed by atoms with van der Waals surface area (Å²) in [7, 11) is 0. The maximum absolute atomic E-state index is 13.3. The molecule has 2 heterocycles.